The summed E-state index contributed by atoms with van der Waals surface area (Å²) in [5, 5.41) is 0. The van der Waals surface area contributed by atoms with Gasteiger partial charge in [-0.3, -0.25) is 0 Å². The molecule has 0 unspecified atom stereocenters. The minimum Gasteiger partial charge on any atom is -0.325 e. The summed E-state index contributed by atoms with van der Waals surface area (Å²) in [7, 11) is 0. The summed E-state index contributed by atoms with van der Waals surface area (Å²) < 4.78 is 0. The Hall–Kier alpha value is -0.820. The molecule has 1 nitrogen and oxygen atoms in total. The molecular weight excluding hydrogens is 182 g/mol. The molecule has 15 heavy (non-hydrogen) atoms. The molecule has 0 amide bonds. The van der Waals surface area contributed by atoms with Crippen LogP contribution in [0.1, 0.15) is 44.1 Å². The van der Waals surface area contributed by atoms with E-state index in [1.54, 1.807) is 0 Å². The molecule has 1 heteroatoms. The maximum Gasteiger partial charge on any atom is 0.0154 e. The summed E-state index contributed by atoms with van der Waals surface area (Å²) in [4.78, 5) is 0. The standard InChI is InChI=1S/C14H21N/c15-14(10-4-5-11-14)12-6-9-13-7-2-1-3-8-13/h1-3,7-8H,4-6,9-12,15H2. The predicted octanol–water partition coefficient (Wildman–Crippen LogP) is 3.28. The molecule has 1 aliphatic rings. The second-order valence-corrected chi connectivity index (χ2v) is 4.91. The van der Waals surface area contributed by atoms with Crippen molar-refractivity contribution in [2.24, 2.45) is 5.73 Å². The summed E-state index contributed by atoms with van der Waals surface area (Å²) in [6.45, 7) is 0. The Kier molecular flexibility index (Phi) is 3.42. The van der Waals surface area contributed by atoms with Crippen molar-refractivity contribution in [2.45, 2.75) is 50.5 Å². The maximum absolute atomic E-state index is 6.32. The highest BCUT2D eigenvalue weighted by Crippen LogP contribution is 2.31. The number of rotatable bonds is 4. The monoisotopic (exact) mass is 203 g/mol. The first kappa shape index (κ1) is 10.7. The molecule has 1 fully saturated rings. The molecule has 0 aliphatic heterocycles. The zero-order chi connectivity index (χ0) is 10.6. The van der Waals surface area contributed by atoms with Crippen LogP contribution in [0, 0.1) is 0 Å². The van der Waals surface area contributed by atoms with Crippen LogP contribution in [0.3, 0.4) is 0 Å². The average molecular weight is 203 g/mol. The van der Waals surface area contributed by atoms with Gasteiger partial charge < -0.3 is 5.73 Å². The minimum atomic E-state index is 0.175. The third-order valence-corrected chi connectivity index (χ3v) is 3.58. The van der Waals surface area contributed by atoms with Crippen molar-refractivity contribution >= 4 is 0 Å². The molecule has 0 heterocycles. The lowest BCUT2D eigenvalue weighted by Gasteiger charge is -2.23. The third-order valence-electron chi connectivity index (χ3n) is 3.58. The number of aryl methyl sites for hydroxylation is 1. The predicted molar refractivity (Wildman–Crippen MR) is 64.8 cm³/mol. The molecule has 82 valence electrons. The molecule has 0 saturated heterocycles. The average Bonchev–Trinajstić information content (AvgIpc) is 2.67. The Balaban J connectivity index is 1.75. The molecule has 2 N–H and O–H groups in total. The van der Waals surface area contributed by atoms with Gasteiger partial charge in [-0.2, -0.15) is 0 Å². The molecule has 0 radical (unpaired) electrons. The Morgan fingerprint density at radius 1 is 1.07 bits per heavy atom. The second-order valence-electron chi connectivity index (χ2n) is 4.91. The lowest BCUT2D eigenvalue weighted by atomic mass is 9.91. The molecule has 0 spiro atoms. The van der Waals surface area contributed by atoms with Crippen molar-refractivity contribution in [1.82, 2.24) is 0 Å². The van der Waals surface area contributed by atoms with Crippen molar-refractivity contribution in [3.63, 3.8) is 0 Å². The zero-order valence-electron chi connectivity index (χ0n) is 9.41. The van der Waals surface area contributed by atoms with Crippen LogP contribution in [-0.4, -0.2) is 5.54 Å². The Labute approximate surface area is 92.7 Å². The van der Waals surface area contributed by atoms with E-state index in [-0.39, 0.29) is 5.54 Å². The largest absolute Gasteiger partial charge is 0.325 e. The van der Waals surface area contributed by atoms with E-state index in [0.717, 1.165) is 0 Å². The number of hydrogen-bond acceptors (Lipinski definition) is 1. The van der Waals surface area contributed by atoms with E-state index in [4.69, 9.17) is 5.73 Å². The van der Waals surface area contributed by atoms with Crippen molar-refractivity contribution in [2.75, 3.05) is 0 Å². The molecule has 1 saturated carbocycles. The molecule has 2 rings (SSSR count). The quantitative estimate of drug-likeness (QED) is 0.798. The second kappa shape index (κ2) is 4.80. The van der Waals surface area contributed by atoms with Crippen LogP contribution in [0.4, 0.5) is 0 Å². The van der Waals surface area contributed by atoms with Gasteiger partial charge in [0.2, 0.25) is 0 Å². The number of benzene rings is 1. The Bertz CT molecular complexity index is 285. The maximum atomic E-state index is 6.32. The van der Waals surface area contributed by atoms with Gasteiger partial charge in [0, 0.05) is 5.54 Å². The van der Waals surface area contributed by atoms with Gasteiger partial charge in [0.1, 0.15) is 0 Å². The van der Waals surface area contributed by atoms with Crippen molar-refractivity contribution < 1.29 is 0 Å². The van der Waals surface area contributed by atoms with Crippen molar-refractivity contribution in [3.05, 3.63) is 35.9 Å². The van der Waals surface area contributed by atoms with E-state index in [9.17, 15) is 0 Å². The Morgan fingerprint density at radius 3 is 2.40 bits per heavy atom. The summed E-state index contributed by atoms with van der Waals surface area (Å²) >= 11 is 0. The minimum absolute atomic E-state index is 0.175. The van der Waals surface area contributed by atoms with E-state index >= 15 is 0 Å². The third kappa shape index (κ3) is 3.07. The molecule has 1 aliphatic carbocycles. The van der Waals surface area contributed by atoms with Crippen LogP contribution in [0.5, 0.6) is 0 Å². The molecule has 0 aromatic heterocycles. The highest BCUT2D eigenvalue weighted by molar-refractivity contribution is 5.14. The normalized spacial score (nSPS) is 19.3. The Morgan fingerprint density at radius 2 is 1.73 bits per heavy atom. The van der Waals surface area contributed by atoms with Gasteiger partial charge in [-0.15, -0.1) is 0 Å². The van der Waals surface area contributed by atoms with Crippen LogP contribution in [0.25, 0.3) is 0 Å². The van der Waals surface area contributed by atoms with Crippen LogP contribution in [0.15, 0.2) is 30.3 Å². The van der Waals surface area contributed by atoms with E-state index in [0.29, 0.717) is 0 Å². The summed E-state index contributed by atoms with van der Waals surface area (Å²) in [6.07, 6.45) is 8.76. The zero-order valence-corrected chi connectivity index (χ0v) is 9.41. The van der Waals surface area contributed by atoms with E-state index in [1.807, 2.05) is 0 Å². The van der Waals surface area contributed by atoms with Gasteiger partial charge >= 0.3 is 0 Å². The number of nitrogens with two attached hydrogens (primary N) is 1. The van der Waals surface area contributed by atoms with Crippen molar-refractivity contribution in [3.8, 4) is 0 Å². The van der Waals surface area contributed by atoms with Crippen molar-refractivity contribution in [1.29, 1.82) is 0 Å². The van der Waals surface area contributed by atoms with Crippen LogP contribution in [-0.2, 0) is 6.42 Å². The highest BCUT2D eigenvalue weighted by atomic mass is 14.7. The summed E-state index contributed by atoms with van der Waals surface area (Å²) in [5.74, 6) is 0. The van der Waals surface area contributed by atoms with E-state index in [1.165, 1.54) is 50.5 Å². The fourth-order valence-electron chi connectivity index (χ4n) is 2.62. The lowest BCUT2D eigenvalue weighted by molar-refractivity contribution is 0.393. The van der Waals surface area contributed by atoms with Crippen LogP contribution < -0.4 is 5.73 Å². The highest BCUT2D eigenvalue weighted by Gasteiger charge is 2.28. The fourth-order valence-corrected chi connectivity index (χ4v) is 2.62. The van der Waals surface area contributed by atoms with Gasteiger partial charge in [0.25, 0.3) is 0 Å². The summed E-state index contributed by atoms with van der Waals surface area (Å²) in [5.41, 5.74) is 7.94. The lowest BCUT2D eigenvalue weighted by Crippen LogP contribution is -2.36. The van der Waals surface area contributed by atoms with Gasteiger partial charge in [-0.1, -0.05) is 43.2 Å². The van der Waals surface area contributed by atoms with Gasteiger partial charge in [0.15, 0.2) is 0 Å². The molecule has 1 aromatic carbocycles. The fraction of sp³-hybridized carbons (Fsp3) is 0.571. The van der Waals surface area contributed by atoms with Gasteiger partial charge in [-0.25, -0.2) is 0 Å². The first-order valence-corrected chi connectivity index (χ1v) is 6.11. The van der Waals surface area contributed by atoms with Gasteiger partial charge in [0.05, 0.1) is 0 Å². The molecule has 0 atom stereocenters. The first-order chi connectivity index (χ1) is 7.29. The molecule has 0 bridgehead atoms. The molecule has 1 aromatic rings. The topological polar surface area (TPSA) is 26.0 Å². The van der Waals surface area contributed by atoms with E-state index in [2.05, 4.69) is 30.3 Å². The summed E-state index contributed by atoms with van der Waals surface area (Å²) in [6, 6.07) is 10.7. The van der Waals surface area contributed by atoms with Crippen LogP contribution in [0.2, 0.25) is 0 Å². The molecular formula is C14H21N. The van der Waals surface area contributed by atoms with Gasteiger partial charge in [-0.05, 0) is 37.7 Å². The number of hydrogen-bond donors (Lipinski definition) is 1. The van der Waals surface area contributed by atoms with Crippen LogP contribution >= 0.6 is 0 Å². The first-order valence-electron chi connectivity index (χ1n) is 6.11. The SMILES string of the molecule is NC1(CCCc2ccccc2)CCCC1. The van der Waals surface area contributed by atoms with E-state index < -0.39 is 0 Å². The smallest absolute Gasteiger partial charge is 0.0154 e.